The van der Waals surface area contributed by atoms with Gasteiger partial charge in [-0.05, 0) is 12.1 Å². The van der Waals surface area contributed by atoms with Crippen molar-refractivity contribution >= 4 is 28.8 Å². The summed E-state index contributed by atoms with van der Waals surface area (Å²) in [6, 6.07) is 3.88. The third-order valence-electron chi connectivity index (χ3n) is 2.41. The van der Waals surface area contributed by atoms with Crippen LogP contribution in [0.4, 0.5) is 5.82 Å². The van der Waals surface area contributed by atoms with Crippen LogP contribution in [0.1, 0.15) is 31.3 Å². The highest BCUT2D eigenvalue weighted by atomic mass is 35.5. The number of hydrogen-bond acceptors (Lipinski definition) is 4. The Hall–Kier alpha value is -1.07. The number of nitrogens with two attached hydrogens (primary N) is 1. The predicted octanol–water partition coefficient (Wildman–Crippen LogP) is 2.92. The molecule has 6 heteroatoms. The number of aromatic nitrogens is 3. The molecule has 0 aliphatic carbocycles. The lowest BCUT2D eigenvalue weighted by Gasteiger charge is -2.19. The average Bonchev–Trinajstić information content (AvgIpc) is 2.73. The van der Waals surface area contributed by atoms with Crippen molar-refractivity contribution in [3.05, 3.63) is 27.0 Å². The van der Waals surface area contributed by atoms with E-state index in [0.29, 0.717) is 12.4 Å². The van der Waals surface area contributed by atoms with Crippen molar-refractivity contribution < 1.29 is 0 Å². The van der Waals surface area contributed by atoms with Gasteiger partial charge >= 0.3 is 0 Å². The topological polar surface area (TPSA) is 56.7 Å². The molecule has 92 valence electrons. The van der Waals surface area contributed by atoms with E-state index < -0.39 is 0 Å². The first-order chi connectivity index (χ1) is 7.88. The van der Waals surface area contributed by atoms with Gasteiger partial charge in [-0.1, -0.05) is 37.6 Å². The van der Waals surface area contributed by atoms with E-state index in [-0.39, 0.29) is 5.41 Å². The van der Waals surface area contributed by atoms with Crippen LogP contribution in [0.2, 0.25) is 4.34 Å². The van der Waals surface area contributed by atoms with Gasteiger partial charge in [0.2, 0.25) is 0 Å². The minimum Gasteiger partial charge on any atom is -0.381 e. The Morgan fingerprint density at radius 2 is 2.12 bits per heavy atom. The highest BCUT2D eigenvalue weighted by molar-refractivity contribution is 7.16. The van der Waals surface area contributed by atoms with E-state index in [0.717, 1.165) is 14.9 Å². The zero-order chi connectivity index (χ0) is 12.6. The maximum Gasteiger partial charge on any atom is 0.169 e. The van der Waals surface area contributed by atoms with Crippen LogP contribution in [0.25, 0.3) is 0 Å². The Bertz CT molecular complexity index is 524. The van der Waals surface area contributed by atoms with Gasteiger partial charge in [0, 0.05) is 10.3 Å². The fourth-order valence-corrected chi connectivity index (χ4v) is 2.86. The minimum absolute atomic E-state index is 0.0748. The van der Waals surface area contributed by atoms with Crippen LogP contribution in [0.5, 0.6) is 0 Å². The normalized spacial score (nSPS) is 12.0. The molecule has 0 unspecified atom stereocenters. The first-order valence-electron chi connectivity index (χ1n) is 5.31. The van der Waals surface area contributed by atoms with Gasteiger partial charge in [0.1, 0.15) is 0 Å². The van der Waals surface area contributed by atoms with E-state index in [1.165, 1.54) is 0 Å². The summed E-state index contributed by atoms with van der Waals surface area (Å²) in [6.45, 7) is 6.95. The number of hydrogen-bond donors (Lipinski definition) is 1. The first-order valence-corrected chi connectivity index (χ1v) is 6.51. The minimum atomic E-state index is -0.0748. The number of nitrogens with zero attached hydrogens (tertiary/aromatic N) is 3. The maximum absolute atomic E-state index is 5.91. The molecule has 2 heterocycles. The summed E-state index contributed by atoms with van der Waals surface area (Å²) in [5, 5.41) is 8.04. The zero-order valence-electron chi connectivity index (χ0n) is 10.1. The number of halogens is 1. The summed E-state index contributed by atoms with van der Waals surface area (Å²) in [7, 11) is 0. The van der Waals surface area contributed by atoms with Crippen LogP contribution in [-0.4, -0.2) is 15.0 Å². The van der Waals surface area contributed by atoms with Crippen molar-refractivity contribution in [2.75, 3.05) is 5.73 Å². The van der Waals surface area contributed by atoms with Crippen LogP contribution in [0.3, 0.4) is 0 Å². The van der Waals surface area contributed by atoms with Crippen LogP contribution in [-0.2, 0) is 12.0 Å². The molecule has 0 aliphatic heterocycles. The number of anilines is 1. The molecular weight excluding hydrogens is 256 g/mol. The fourth-order valence-electron chi connectivity index (χ4n) is 1.79. The summed E-state index contributed by atoms with van der Waals surface area (Å²) in [6.07, 6.45) is 0. The van der Waals surface area contributed by atoms with E-state index >= 15 is 0 Å². The van der Waals surface area contributed by atoms with Gasteiger partial charge in [0.15, 0.2) is 5.82 Å². The van der Waals surface area contributed by atoms with E-state index in [1.807, 2.05) is 16.8 Å². The number of rotatable bonds is 2. The van der Waals surface area contributed by atoms with Crippen molar-refractivity contribution in [1.29, 1.82) is 0 Å². The van der Waals surface area contributed by atoms with Crippen LogP contribution >= 0.6 is 22.9 Å². The van der Waals surface area contributed by atoms with Gasteiger partial charge in [-0.2, -0.15) is 0 Å². The Balaban J connectivity index is 2.34. The second-order valence-electron chi connectivity index (χ2n) is 4.94. The van der Waals surface area contributed by atoms with Gasteiger partial charge in [-0.3, -0.25) is 0 Å². The third kappa shape index (κ3) is 2.61. The Morgan fingerprint density at radius 1 is 1.41 bits per heavy atom. The molecule has 4 nitrogen and oxygen atoms in total. The molecule has 0 saturated carbocycles. The molecule has 0 spiro atoms. The molecule has 0 bridgehead atoms. The molecule has 0 radical (unpaired) electrons. The Morgan fingerprint density at radius 3 is 2.65 bits per heavy atom. The van der Waals surface area contributed by atoms with Crippen LogP contribution in [0.15, 0.2) is 12.1 Å². The molecule has 17 heavy (non-hydrogen) atoms. The molecule has 0 aliphatic rings. The fraction of sp³-hybridized carbons (Fsp3) is 0.455. The largest absolute Gasteiger partial charge is 0.381 e. The van der Waals surface area contributed by atoms with Gasteiger partial charge in [0.25, 0.3) is 0 Å². The molecular formula is C11H15ClN4S. The van der Waals surface area contributed by atoms with Crippen molar-refractivity contribution in [3.63, 3.8) is 0 Å². The second kappa shape index (κ2) is 4.31. The molecule has 0 amide bonds. The smallest absolute Gasteiger partial charge is 0.169 e. The van der Waals surface area contributed by atoms with Crippen molar-refractivity contribution in [3.8, 4) is 0 Å². The lowest BCUT2D eigenvalue weighted by molar-refractivity contribution is 0.504. The molecule has 2 rings (SSSR count). The monoisotopic (exact) mass is 270 g/mol. The zero-order valence-corrected chi connectivity index (χ0v) is 11.6. The second-order valence-corrected chi connectivity index (χ2v) is 6.74. The highest BCUT2D eigenvalue weighted by Crippen LogP contribution is 2.28. The quantitative estimate of drug-likeness (QED) is 0.913. The molecule has 2 aromatic heterocycles. The molecule has 0 atom stereocenters. The van der Waals surface area contributed by atoms with Crippen LogP contribution < -0.4 is 5.73 Å². The Kier molecular flexibility index (Phi) is 3.14. The summed E-state index contributed by atoms with van der Waals surface area (Å²) in [5.74, 6) is 0.500. The van der Waals surface area contributed by atoms with Crippen molar-refractivity contribution in [1.82, 2.24) is 15.0 Å². The van der Waals surface area contributed by atoms with E-state index in [4.69, 9.17) is 17.3 Å². The lowest BCUT2D eigenvalue weighted by atomic mass is 9.92. The standard InChI is InChI=1S/C11H15ClN4S/c1-11(2,3)9-10(13)14-15-16(9)6-7-4-5-8(12)17-7/h4-5H,6,13H2,1-3H3. The summed E-state index contributed by atoms with van der Waals surface area (Å²) in [5.41, 5.74) is 6.75. The van der Waals surface area contributed by atoms with Gasteiger partial charge in [0.05, 0.1) is 16.6 Å². The number of nitrogen functional groups attached to an aromatic ring is 1. The molecule has 2 aromatic rings. The summed E-state index contributed by atoms with van der Waals surface area (Å²) in [4.78, 5) is 1.14. The summed E-state index contributed by atoms with van der Waals surface area (Å²) < 4.78 is 2.63. The van der Waals surface area contributed by atoms with Gasteiger partial charge < -0.3 is 5.73 Å². The van der Waals surface area contributed by atoms with E-state index in [9.17, 15) is 0 Å². The van der Waals surface area contributed by atoms with Crippen LogP contribution in [0, 0.1) is 0 Å². The highest BCUT2D eigenvalue weighted by Gasteiger charge is 2.24. The lowest BCUT2D eigenvalue weighted by Crippen LogP contribution is -2.20. The third-order valence-corrected chi connectivity index (χ3v) is 3.62. The molecule has 0 fully saturated rings. The molecule has 0 aromatic carbocycles. The number of thiophene rings is 1. The van der Waals surface area contributed by atoms with Gasteiger partial charge in [-0.15, -0.1) is 16.4 Å². The molecule has 2 N–H and O–H groups in total. The average molecular weight is 271 g/mol. The van der Waals surface area contributed by atoms with Crippen molar-refractivity contribution in [2.24, 2.45) is 0 Å². The van der Waals surface area contributed by atoms with Crippen molar-refractivity contribution in [2.45, 2.75) is 32.7 Å². The van der Waals surface area contributed by atoms with Gasteiger partial charge in [-0.25, -0.2) is 4.68 Å². The predicted molar refractivity (Wildman–Crippen MR) is 71.6 cm³/mol. The first kappa shape index (κ1) is 12.4. The summed E-state index contributed by atoms with van der Waals surface area (Å²) >= 11 is 7.46. The van der Waals surface area contributed by atoms with E-state index in [1.54, 1.807) is 11.3 Å². The Labute approximate surface area is 109 Å². The van der Waals surface area contributed by atoms with E-state index in [2.05, 4.69) is 31.1 Å². The molecule has 0 saturated heterocycles. The SMILES string of the molecule is CC(C)(C)c1c(N)nnn1Cc1ccc(Cl)s1. The maximum atomic E-state index is 5.91.